The topological polar surface area (TPSA) is 50.4 Å². The Hall–Kier alpha value is -2.24. The van der Waals surface area contributed by atoms with Crippen molar-refractivity contribution < 1.29 is 0 Å². The summed E-state index contributed by atoms with van der Waals surface area (Å²) in [6.07, 6.45) is 8.19. The first-order valence-electron chi connectivity index (χ1n) is 8.11. The summed E-state index contributed by atoms with van der Waals surface area (Å²) in [7, 11) is 5.97. The number of aryl methyl sites for hydroxylation is 3. The molecular weight excluding hydrogens is 288 g/mol. The quantitative estimate of drug-likeness (QED) is 0.483. The van der Waals surface area contributed by atoms with Crippen molar-refractivity contribution in [1.29, 1.82) is 0 Å². The van der Waals surface area contributed by atoms with Gasteiger partial charge < -0.3 is 19.4 Å². The van der Waals surface area contributed by atoms with Gasteiger partial charge >= 0.3 is 0 Å². The average Bonchev–Trinajstić information content (AvgIpc) is 3.12. The van der Waals surface area contributed by atoms with E-state index >= 15 is 0 Å². The van der Waals surface area contributed by atoms with Crippen LogP contribution in [0.1, 0.15) is 24.4 Å². The smallest absolute Gasteiger partial charge is 0.193 e. The van der Waals surface area contributed by atoms with Gasteiger partial charge in [0.25, 0.3) is 0 Å². The summed E-state index contributed by atoms with van der Waals surface area (Å²) < 4.78 is 4.33. The lowest BCUT2D eigenvalue weighted by atomic mass is 10.3. The number of nitrogens with zero attached hydrogens (tertiary/aromatic N) is 5. The lowest BCUT2D eigenvalue weighted by Gasteiger charge is -2.22. The number of aliphatic imine (C=N–C) groups is 1. The highest BCUT2D eigenvalue weighted by atomic mass is 15.3. The van der Waals surface area contributed by atoms with Crippen molar-refractivity contribution in [2.24, 2.45) is 12.0 Å². The molecule has 0 atom stereocenters. The summed E-state index contributed by atoms with van der Waals surface area (Å²) in [6, 6.07) is 4.20. The van der Waals surface area contributed by atoms with E-state index in [2.05, 4.69) is 61.8 Å². The molecule has 0 saturated carbocycles. The SMILES string of the molecule is CN=C(NCCCCn1ccnc1C)N(C)Cc1cccn1C. The van der Waals surface area contributed by atoms with E-state index in [1.807, 2.05) is 26.4 Å². The Kier molecular flexibility index (Phi) is 6.26. The summed E-state index contributed by atoms with van der Waals surface area (Å²) in [5, 5.41) is 3.44. The fourth-order valence-corrected chi connectivity index (χ4v) is 2.61. The molecule has 0 aliphatic rings. The Morgan fingerprint density at radius 3 is 2.78 bits per heavy atom. The maximum absolute atomic E-state index is 4.37. The molecule has 0 aliphatic heterocycles. The number of guanidine groups is 1. The van der Waals surface area contributed by atoms with Crippen molar-refractivity contribution in [1.82, 2.24) is 24.3 Å². The van der Waals surface area contributed by atoms with Gasteiger partial charge in [-0.2, -0.15) is 0 Å². The van der Waals surface area contributed by atoms with Gasteiger partial charge in [0.05, 0.1) is 6.54 Å². The summed E-state index contributed by atoms with van der Waals surface area (Å²) in [5.74, 6) is 2.01. The molecule has 0 aliphatic carbocycles. The number of hydrogen-bond donors (Lipinski definition) is 1. The van der Waals surface area contributed by atoms with Crippen molar-refractivity contribution in [2.45, 2.75) is 32.9 Å². The molecule has 0 bridgehead atoms. The van der Waals surface area contributed by atoms with Crippen LogP contribution in [0, 0.1) is 6.92 Å². The van der Waals surface area contributed by atoms with Gasteiger partial charge in [-0.25, -0.2) is 4.98 Å². The molecule has 2 heterocycles. The number of hydrogen-bond acceptors (Lipinski definition) is 2. The molecule has 2 rings (SSSR count). The van der Waals surface area contributed by atoms with E-state index in [9.17, 15) is 0 Å². The van der Waals surface area contributed by atoms with E-state index in [-0.39, 0.29) is 0 Å². The standard InChI is InChI=1S/C17H28N6/c1-15-19-10-13-23(15)12-6-5-9-20-17(18-2)22(4)14-16-8-7-11-21(16)3/h7-8,10-11,13H,5-6,9,12,14H2,1-4H3,(H,18,20). The van der Waals surface area contributed by atoms with Gasteiger partial charge in [-0.3, -0.25) is 4.99 Å². The monoisotopic (exact) mass is 316 g/mol. The van der Waals surface area contributed by atoms with Gasteiger partial charge in [-0.15, -0.1) is 0 Å². The van der Waals surface area contributed by atoms with Gasteiger partial charge in [0, 0.05) is 58.5 Å². The molecular formula is C17H28N6. The number of unbranched alkanes of at least 4 members (excludes halogenated alkanes) is 1. The Morgan fingerprint density at radius 2 is 2.17 bits per heavy atom. The largest absolute Gasteiger partial charge is 0.356 e. The molecule has 2 aromatic rings. The average molecular weight is 316 g/mol. The van der Waals surface area contributed by atoms with Crippen molar-refractivity contribution in [2.75, 3.05) is 20.6 Å². The van der Waals surface area contributed by atoms with Crippen LogP contribution in [0.2, 0.25) is 0 Å². The third kappa shape index (κ3) is 4.87. The van der Waals surface area contributed by atoms with Crippen LogP contribution in [-0.4, -0.2) is 45.6 Å². The highest BCUT2D eigenvalue weighted by molar-refractivity contribution is 5.79. The minimum Gasteiger partial charge on any atom is -0.356 e. The summed E-state index contributed by atoms with van der Waals surface area (Å²) in [5.41, 5.74) is 1.27. The molecule has 6 nitrogen and oxygen atoms in total. The third-order valence-corrected chi connectivity index (χ3v) is 4.06. The molecule has 0 saturated heterocycles. The third-order valence-electron chi connectivity index (χ3n) is 4.06. The van der Waals surface area contributed by atoms with Crippen LogP contribution in [0.15, 0.2) is 35.7 Å². The molecule has 0 fully saturated rings. The lowest BCUT2D eigenvalue weighted by Crippen LogP contribution is -2.39. The maximum Gasteiger partial charge on any atom is 0.193 e. The summed E-state index contributed by atoms with van der Waals surface area (Å²) in [6.45, 7) is 4.83. The van der Waals surface area contributed by atoms with Crippen LogP contribution < -0.4 is 5.32 Å². The summed E-state index contributed by atoms with van der Waals surface area (Å²) in [4.78, 5) is 10.8. The first-order chi connectivity index (χ1) is 11.1. The fraction of sp³-hybridized carbons (Fsp3) is 0.529. The van der Waals surface area contributed by atoms with E-state index < -0.39 is 0 Å². The Balaban J connectivity index is 1.70. The van der Waals surface area contributed by atoms with Crippen LogP contribution >= 0.6 is 0 Å². The zero-order valence-corrected chi connectivity index (χ0v) is 14.7. The Labute approximate surface area is 138 Å². The highest BCUT2D eigenvalue weighted by Gasteiger charge is 2.07. The number of rotatable bonds is 7. The molecule has 0 amide bonds. The molecule has 0 aromatic carbocycles. The molecule has 0 unspecified atom stereocenters. The highest BCUT2D eigenvalue weighted by Crippen LogP contribution is 2.04. The Bertz CT molecular complexity index is 625. The van der Waals surface area contributed by atoms with E-state index in [1.54, 1.807) is 0 Å². The zero-order valence-electron chi connectivity index (χ0n) is 14.7. The predicted molar refractivity (Wildman–Crippen MR) is 94.4 cm³/mol. The molecule has 2 aromatic heterocycles. The van der Waals surface area contributed by atoms with Gasteiger partial charge in [0.2, 0.25) is 0 Å². The van der Waals surface area contributed by atoms with Gasteiger partial charge in [-0.05, 0) is 31.9 Å². The van der Waals surface area contributed by atoms with Crippen LogP contribution in [0.5, 0.6) is 0 Å². The zero-order chi connectivity index (χ0) is 16.7. The second-order valence-electron chi connectivity index (χ2n) is 5.82. The minimum absolute atomic E-state index is 0.845. The molecule has 1 N–H and O–H groups in total. The fourth-order valence-electron chi connectivity index (χ4n) is 2.61. The maximum atomic E-state index is 4.37. The van der Waals surface area contributed by atoms with E-state index in [0.29, 0.717) is 0 Å². The number of imidazole rings is 1. The van der Waals surface area contributed by atoms with Gasteiger partial charge in [0.1, 0.15) is 5.82 Å². The van der Waals surface area contributed by atoms with Crippen LogP contribution in [0.25, 0.3) is 0 Å². The van der Waals surface area contributed by atoms with Crippen molar-refractivity contribution in [3.63, 3.8) is 0 Å². The first-order valence-corrected chi connectivity index (χ1v) is 8.11. The predicted octanol–water partition coefficient (Wildman–Crippen LogP) is 2.02. The lowest BCUT2D eigenvalue weighted by molar-refractivity contribution is 0.459. The van der Waals surface area contributed by atoms with Gasteiger partial charge in [-0.1, -0.05) is 0 Å². The molecule has 23 heavy (non-hydrogen) atoms. The van der Waals surface area contributed by atoms with E-state index in [4.69, 9.17) is 0 Å². The summed E-state index contributed by atoms with van der Waals surface area (Å²) >= 11 is 0. The van der Waals surface area contributed by atoms with Crippen LogP contribution in [0.3, 0.4) is 0 Å². The normalized spacial score (nSPS) is 11.7. The second kappa shape index (κ2) is 8.41. The molecule has 0 radical (unpaired) electrons. The molecule has 0 spiro atoms. The molecule has 6 heteroatoms. The first kappa shape index (κ1) is 17.1. The minimum atomic E-state index is 0.845. The van der Waals surface area contributed by atoms with Crippen LogP contribution in [0.4, 0.5) is 0 Å². The second-order valence-corrected chi connectivity index (χ2v) is 5.82. The number of nitrogens with one attached hydrogen (secondary N) is 1. The van der Waals surface area contributed by atoms with Crippen molar-refractivity contribution >= 4 is 5.96 Å². The van der Waals surface area contributed by atoms with Gasteiger partial charge in [0.15, 0.2) is 5.96 Å². The van der Waals surface area contributed by atoms with Crippen molar-refractivity contribution in [3.8, 4) is 0 Å². The van der Waals surface area contributed by atoms with E-state index in [0.717, 1.165) is 44.3 Å². The Morgan fingerprint density at radius 1 is 1.35 bits per heavy atom. The van der Waals surface area contributed by atoms with E-state index in [1.165, 1.54) is 5.69 Å². The molecule has 126 valence electrons. The van der Waals surface area contributed by atoms with Crippen molar-refractivity contribution in [3.05, 3.63) is 42.2 Å². The van der Waals surface area contributed by atoms with Crippen LogP contribution in [-0.2, 0) is 20.1 Å². The number of aromatic nitrogens is 3.